The van der Waals surface area contributed by atoms with Crippen LogP contribution in [0, 0.1) is 12.8 Å². The number of halogens is 2. The Balaban J connectivity index is 2.07. The molecule has 1 aromatic heterocycles. The maximum absolute atomic E-state index is 12.2. The van der Waals surface area contributed by atoms with E-state index in [-0.39, 0.29) is 30.3 Å². The monoisotopic (exact) mass is 368 g/mol. The number of nitrogens with zero attached hydrogens (tertiary/aromatic N) is 3. The Kier molecular flexibility index (Phi) is 6.21. The third kappa shape index (κ3) is 4.98. The van der Waals surface area contributed by atoms with E-state index in [0.29, 0.717) is 11.4 Å². The smallest absolute Gasteiger partial charge is 0.387 e. The summed E-state index contributed by atoms with van der Waals surface area (Å²) in [6.07, 6.45) is -0.0566. The molecule has 0 saturated carbocycles. The van der Waals surface area contributed by atoms with E-state index < -0.39 is 18.5 Å². The summed E-state index contributed by atoms with van der Waals surface area (Å²) in [6, 6.07) is 5.73. The number of amides is 1. The van der Waals surface area contributed by atoms with Gasteiger partial charge in [-0.3, -0.25) is 9.59 Å². The maximum Gasteiger partial charge on any atom is 0.387 e. The first-order valence-corrected chi connectivity index (χ1v) is 7.75. The fraction of sp³-hybridized carbons (Fsp3) is 0.375. The average Bonchev–Trinajstić information content (AvgIpc) is 2.94. The Morgan fingerprint density at radius 2 is 1.96 bits per heavy atom. The van der Waals surface area contributed by atoms with Crippen LogP contribution in [0.4, 0.5) is 8.78 Å². The second kappa shape index (κ2) is 8.37. The molecule has 8 nitrogen and oxygen atoms in total. The van der Waals surface area contributed by atoms with Crippen LogP contribution in [0.2, 0.25) is 0 Å². The Bertz CT molecular complexity index is 777. The van der Waals surface area contributed by atoms with Gasteiger partial charge in [0.2, 0.25) is 0 Å². The molecule has 0 fully saturated rings. The van der Waals surface area contributed by atoms with Crippen LogP contribution in [0.25, 0.3) is 5.69 Å². The molecule has 0 saturated heterocycles. The topological polar surface area (TPSA) is 106 Å². The van der Waals surface area contributed by atoms with Crippen LogP contribution in [0.3, 0.4) is 0 Å². The number of aliphatic carboxylic acids is 1. The summed E-state index contributed by atoms with van der Waals surface area (Å²) in [7, 11) is 0. The van der Waals surface area contributed by atoms with E-state index in [9.17, 15) is 18.4 Å². The molecule has 0 bridgehead atoms. The molecule has 2 aromatic rings. The minimum Gasteiger partial charge on any atom is -0.481 e. The van der Waals surface area contributed by atoms with Gasteiger partial charge in [-0.1, -0.05) is 12.1 Å². The van der Waals surface area contributed by atoms with Gasteiger partial charge in [-0.15, -0.1) is 5.10 Å². The molecule has 0 aliphatic heterocycles. The highest BCUT2D eigenvalue weighted by Crippen LogP contribution is 2.18. The van der Waals surface area contributed by atoms with Crippen molar-refractivity contribution < 1.29 is 28.2 Å². The van der Waals surface area contributed by atoms with Gasteiger partial charge in [0.05, 0.1) is 11.4 Å². The molecule has 1 aromatic carbocycles. The first-order valence-electron chi connectivity index (χ1n) is 7.75. The Hall–Kier alpha value is -3.04. The molecule has 1 heterocycles. The van der Waals surface area contributed by atoms with Gasteiger partial charge in [0, 0.05) is 13.0 Å². The highest BCUT2D eigenvalue weighted by atomic mass is 19.3. The highest BCUT2D eigenvalue weighted by molar-refractivity contribution is 5.93. The molecule has 2 N–H and O–H groups in total. The molecule has 10 heteroatoms. The minimum atomic E-state index is -2.91. The van der Waals surface area contributed by atoms with Crippen LogP contribution in [0.15, 0.2) is 24.3 Å². The number of carboxylic acid groups (broad SMARTS) is 1. The van der Waals surface area contributed by atoms with Crippen molar-refractivity contribution >= 4 is 11.9 Å². The van der Waals surface area contributed by atoms with Gasteiger partial charge >= 0.3 is 12.6 Å². The summed E-state index contributed by atoms with van der Waals surface area (Å²) in [4.78, 5) is 22.8. The first kappa shape index (κ1) is 19.3. The Morgan fingerprint density at radius 3 is 2.54 bits per heavy atom. The predicted molar refractivity (Wildman–Crippen MR) is 86.5 cm³/mol. The number of hydrogen-bond acceptors (Lipinski definition) is 5. The number of alkyl halides is 2. The number of hydrogen-bond donors (Lipinski definition) is 2. The van der Waals surface area contributed by atoms with E-state index >= 15 is 0 Å². The predicted octanol–water partition coefficient (Wildman–Crippen LogP) is 2.02. The third-order valence-electron chi connectivity index (χ3n) is 3.55. The molecular weight excluding hydrogens is 350 g/mol. The van der Waals surface area contributed by atoms with Crippen molar-refractivity contribution in [3.05, 3.63) is 35.7 Å². The fourth-order valence-corrected chi connectivity index (χ4v) is 2.27. The van der Waals surface area contributed by atoms with Gasteiger partial charge in [-0.25, -0.2) is 4.68 Å². The van der Waals surface area contributed by atoms with Gasteiger partial charge < -0.3 is 15.2 Å². The Morgan fingerprint density at radius 1 is 1.31 bits per heavy atom. The molecule has 0 aliphatic carbocycles. The molecule has 0 spiro atoms. The quantitative estimate of drug-likeness (QED) is 0.738. The normalized spacial score (nSPS) is 12.0. The van der Waals surface area contributed by atoms with Gasteiger partial charge in [-0.2, -0.15) is 8.78 Å². The summed E-state index contributed by atoms with van der Waals surface area (Å²) >= 11 is 0. The molecule has 1 atom stereocenters. The van der Waals surface area contributed by atoms with Crippen molar-refractivity contribution in [2.75, 3.05) is 6.54 Å². The van der Waals surface area contributed by atoms with Crippen molar-refractivity contribution in [1.29, 1.82) is 0 Å². The molecule has 2 rings (SSSR count). The molecule has 140 valence electrons. The fourth-order valence-electron chi connectivity index (χ4n) is 2.27. The number of aromatic nitrogens is 3. The zero-order valence-corrected chi connectivity index (χ0v) is 14.1. The third-order valence-corrected chi connectivity index (χ3v) is 3.55. The second-order valence-corrected chi connectivity index (χ2v) is 5.72. The molecular formula is C16H18F2N4O4. The van der Waals surface area contributed by atoms with E-state index in [0.717, 1.165) is 0 Å². The van der Waals surface area contributed by atoms with Crippen LogP contribution in [0.1, 0.15) is 29.5 Å². The van der Waals surface area contributed by atoms with Crippen LogP contribution in [-0.2, 0) is 4.79 Å². The Labute approximate surface area is 147 Å². The van der Waals surface area contributed by atoms with Gasteiger partial charge in [-0.05, 0) is 37.1 Å². The van der Waals surface area contributed by atoms with Crippen LogP contribution >= 0.6 is 0 Å². The summed E-state index contributed by atoms with van der Waals surface area (Å²) in [5.74, 6) is -1.63. The van der Waals surface area contributed by atoms with E-state index in [1.165, 1.54) is 28.9 Å². The van der Waals surface area contributed by atoms with E-state index in [1.54, 1.807) is 13.8 Å². The standard InChI is InChI=1S/C16H18F2N4O4/c1-9(7-13(23)24)8-19-15(25)14-10(2)22(21-20-14)11-3-5-12(6-4-11)26-16(17)18/h3-6,9,16H,7-8H2,1-2H3,(H,19,25)(H,23,24). The van der Waals surface area contributed by atoms with Crippen LogP contribution < -0.4 is 10.1 Å². The van der Waals surface area contributed by atoms with E-state index in [4.69, 9.17) is 5.11 Å². The number of benzene rings is 1. The number of nitrogens with one attached hydrogen (secondary N) is 1. The number of rotatable bonds is 8. The van der Waals surface area contributed by atoms with Crippen LogP contribution in [0.5, 0.6) is 5.75 Å². The first-order chi connectivity index (χ1) is 12.3. The van der Waals surface area contributed by atoms with Crippen molar-refractivity contribution in [3.8, 4) is 11.4 Å². The molecule has 0 radical (unpaired) electrons. The lowest BCUT2D eigenvalue weighted by atomic mass is 10.1. The van der Waals surface area contributed by atoms with Gasteiger partial charge in [0.25, 0.3) is 5.91 Å². The number of carbonyl (C=O) groups is 2. The van der Waals surface area contributed by atoms with E-state index in [2.05, 4.69) is 20.4 Å². The summed E-state index contributed by atoms with van der Waals surface area (Å²) in [5.41, 5.74) is 1.08. The maximum atomic E-state index is 12.2. The number of carboxylic acids is 1. The summed E-state index contributed by atoms with van der Waals surface area (Å²) in [6.45, 7) is 0.630. The van der Waals surface area contributed by atoms with Crippen molar-refractivity contribution in [2.24, 2.45) is 5.92 Å². The second-order valence-electron chi connectivity index (χ2n) is 5.72. The van der Waals surface area contributed by atoms with Crippen LogP contribution in [-0.4, -0.2) is 45.1 Å². The van der Waals surface area contributed by atoms with Crippen molar-refractivity contribution in [1.82, 2.24) is 20.3 Å². The zero-order valence-electron chi connectivity index (χ0n) is 14.1. The zero-order chi connectivity index (χ0) is 19.3. The number of ether oxygens (including phenoxy) is 1. The lowest BCUT2D eigenvalue weighted by molar-refractivity contribution is -0.137. The largest absolute Gasteiger partial charge is 0.481 e. The van der Waals surface area contributed by atoms with Crippen molar-refractivity contribution in [3.63, 3.8) is 0 Å². The minimum absolute atomic E-state index is 0.00639. The lowest BCUT2D eigenvalue weighted by Crippen LogP contribution is -2.30. The highest BCUT2D eigenvalue weighted by Gasteiger charge is 2.18. The molecule has 0 aliphatic rings. The lowest BCUT2D eigenvalue weighted by Gasteiger charge is -2.10. The average molecular weight is 368 g/mol. The van der Waals surface area contributed by atoms with Gasteiger partial charge in [0.1, 0.15) is 5.75 Å². The summed E-state index contributed by atoms with van der Waals surface area (Å²) < 4.78 is 30.0. The SMILES string of the molecule is Cc1c(C(=O)NCC(C)CC(=O)O)nnn1-c1ccc(OC(F)F)cc1. The number of carbonyl (C=O) groups excluding carboxylic acids is 1. The van der Waals surface area contributed by atoms with E-state index in [1.807, 2.05) is 0 Å². The molecule has 26 heavy (non-hydrogen) atoms. The van der Waals surface area contributed by atoms with Gasteiger partial charge in [0.15, 0.2) is 5.69 Å². The summed E-state index contributed by atoms with van der Waals surface area (Å²) in [5, 5.41) is 19.1. The van der Waals surface area contributed by atoms with Crippen molar-refractivity contribution in [2.45, 2.75) is 26.9 Å². The molecule has 1 unspecified atom stereocenters. The molecule has 1 amide bonds.